The van der Waals surface area contributed by atoms with Crippen LogP contribution in [-0.4, -0.2) is 24.7 Å². The molecule has 0 saturated heterocycles. The molecule has 160 valence electrons. The van der Waals surface area contributed by atoms with Crippen molar-refractivity contribution >= 4 is 13.2 Å². The SMILES string of the molecule is CP(c1ccccc1-c1ccccc1)C(F)(F)C(F)CCCCCCC(F)(F)F. The monoisotopic (exact) mass is 434 g/mol. The maximum absolute atomic E-state index is 14.8. The third kappa shape index (κ3) is 7.02. The second kappa shape index (κ2) is 10.5. The van der Waals surface area contributed by atoms with E-state index in [2.05, 4.69) is 0 Å². The molecule has 0 nitrogen and oxygen atoms in total. The summed E-state index contributed by atoms with van der Waals surface area (Å²) in [6.45, 7) is 1.38. The standard InChI is InChI=1S/C22H25F6P/c1-29(19-14-9-8-13-18(19)17-11-5-4-6-12-17)22(27,28)20(23)15-7-2-3-10-16-21(24,25)26/h4-6,8-9,11-14,20H,2-3,7,10,15-16H2,1H3. The Bertz CT molecular complexity index is 744. The van der Waals surface area contributed by atoms with Crippen LogP contribution in [0, 0.1) is 0 Å². The van der Waals surface area contributed by atoms with Crippen LogP contribution >= 0.6 is 7.92 Å². The van der Waals surface area contributed by atoms with Crippen molar-refractivity contribution in [1.82, 2.24) is 0 Å². The number of benzene rings is 2. The van der Waals surface area contributed by atoms with Crippen LogP contribution in [0.3, 0.4) is 0 Å². The lowest BCUT2D eigenvalue weighted by molar-refractivity contribution is -0.135. The van der Waals surface area contributed by atoms with Crippen LogP contribution in [0.4, 0.5) is 26.3 Å². The first-order valence-electron chi connectivity index (χ1n) is 9.60. The molecule has 0 radical (unpaired) electrons. The number of unbranched alkanes of at least 4 members (excludes halogenated alkanes) is 3. The molecule has 0 N–H and O–H groups in total. The first-order chi connectivity index (χ1) is 13.6. The van der Waals surface area contributed by atoms with Gasteiger partial charge in [-0.2, -0.15) is 22.0 Å². The Morgan fingerprint density at radius 1 is 0.793 bits per heavy atom. The van der Waals surface area contributed by atoms with Crippen LogP contribution in [0.2, 0.25) is 0 Å². The molecule has 0 aliphatic carbocycles. The number of halogens is 6. The lowest BCUT2D eigenvalue weighted by Crippen LogP contribution is -2.31. The zero-order valence-electron chi connectivity index (χ0n) is 16.2. The maximum atomic E-state index is 14.8. The Morgan fingerprint density at radius 2 is 1.38 bits per heavy atom. The van der Waals surface area contributed by atoms with E-state index in [9.17, 15) is 26.3 Å². The van der Waals surface area contributed by atoms with Gasteiger partial charge in [-0.05, 0) is 43.9 Å². The summed E-state index contributed by atoms with van der Waals surface area (Å²) < 4.78 is 80.4. The van der Waals surface area contributed by atoms with Crippen molar-refractivity contribution in [3.05, 3.63) is 54.6 Å². The van der Waals surface area contributed by atoms with E-state index in [1.54, 1.807) is 24.3 Å². The Kier molecular flexibility index (Phi) is 8.57. The van der Waals surface area contributed by atoms with Crippen LogP contribution < -0.4 is 5.30 Å². The van der Waals surface area contributed by atoms with Crippen molar-refractivity contribution in [2.75, 3.05) is 6.66 Å². The van der Waals surface area contributed by atoms with Gasteiger partial charge in [0.15, 0.2) is 6.17 Å². The Labute approximate surface area is 169 Å². The van der Waals surface area contributed by atoms with Crippen molar-refractivity contribution in [1.29, 1.82) is 0 Å². The lowest BCUT2D eigenvalue weighted by atomic mass is 10.1. The Morgan fingerprint density at radius 3 is 2.03 bits per heavy atom. The fourth-order valence-electron chi connectivity index (χ4n) is 3.17. The summed E-state index contributed by atoms with van der Waals surface area (Å²) in [6.07, 6.45) is -7.09. The van der Waals surface area contributed by atoms with Crippen molar-refractivity contribution in [2.24, 2.45) is 0 Å². The van der Waals surface area contributed by atoms with E-state index in [1.807, 2.05) is 30.3 Å². The molecule has 0 aromatic heterocycles. The van der Waals surface area contributed by atoms with E-state index < -0.39 is 32.4 Å². The van der Waals surface area contributed by atoms with Crippen molar-refractivity contribution in [3.8, 4) is 11.1 Å². The van der Waals surface area contributed by atoms with Crippen LogP contribution in [-0.2, 0) is 0 Å². The van der Waals surface area contributed by atoms with E-state index in [1.165, 1.54) is 6.66 Å². The fourth-order valence-corrected chi connectivity index (χ4v) is 4.92. The summed E-state index contributed by atoms with van der Waals surface area (Å²) >= 11 is 0. The minimum Gasteiger partial charge on any atom is -0.240 e. The summed E-state index contributed by atoms with van der Waals surface area (Å²) in [4.78, 5) is 0. The quantitative estimate of drug-likeness (QED) is 0.202. The van der Waals surface area contributed by atoms with Crippen molar-refractivity contribution in [2.45, 2.75) is 56.5 Å². The third-order valence-electron chi connectivity index (χ3n) is 4.84. The molecule has 0 saturated carbocycles. The highest BCUT2D eigenvalue weighted by Crippen LogP contribution is 2.53. The normalized spacial score (nSPS) is 14.6. The van der Waals surface area contributed by atoms with Gasteiger partial charge in [0, 0.05) is 6.42 Å². The van der Waals surface area contributed by atoms with Gasteiger partial charge in [0.2, 0.25) is 0 Å². The zero-order chi connectivity index (χ0) is 21.5. The maximum Gasteiger partial charge on any atom is 0.389 e. The molecular formula is C22H25F6P. The number of rotatable bonds is 10. The summed E-state index contributed by atoms with van der Waals surface area (Å²) in [7, 11) is -2.10. The van der Waals surface area contributed by atoms with E-state index in [0.29, 0.717) is 17.3 Å². The van der Waals surface area contributed by atoms with Gasteiger partial charge >= 0.3 is 6.18 Å². The number of alkyl halides is 6. The first-order valence-corrected chi connectivity index (χ1v) is 11.4. The zero-order valence-corrected chi connectivity index (χ0v) is 17.1. The smallest absolute Gasteiger partial charge is 0.240 e. The molecule has 2 aromatic carbocycles. The lowest BCUT2D eigenvalue weighted by Gasteiger charge is -2.29. The molecule has 2 rings (SSSR count). The molecule has 2 atom stereocenters. The molecule has 2 unspecified atom stereocenters. The average molecular weight is 434 g/mol. The highest BCUT2D eigenvalue weighted by molar-refractivity contribution is 7.66. The van der Waals surface area contributed by atoms with E-state index in [0.717, 1.165) is 5.56 Å². The van der Waals surface area contributed by atoms with Gasteiger partial charge in [0.25, 0.3) is 5.66 Å². The fraction of sp³-hybridized carbons (Fsp3) is 0.455. The molecule has 0 fully saturated rings. The van der Waals surface area contributed by atoms with Gasteiger partial charge < -0.3 is 0 Å². The van der Waals surface area contributed by atoms with Crippen LogP contribution in [0.5, 0.6) is 0 Å². The topological polar surface area (TPSA) is 0 Å². The number of hydrogen-bond donors (Lipinski definition) is 0. The van der Waals surface area contributed by atoms with Gasteiger partial charge in [0.05, 0.1) is 0 Å². The van der Waals surface area contributed by atoms with Crippen LogP contribution in [0.15, 0.2) is 54.6 Å². The average Bonchev–Trinajstić information content (AvgIpc) is 2.69. The molecule has 0 spiro atoms. The molecule has 0 amide bonds. The minimum absolute atomic E-state index is 0.0538. The Hall–Kier alpha value is -1.55. The van der Waals surface area contributed by atoms with Gasteiger partial charge in [-0.15, -0.1) is 0 Å². The summed E-state index contributed by atoms with van der Waals surface area (Å²) in [5.74, 6) is 0. The second-order valence-corrected chi connectivity index (χ2v) is 9.26. The minimum atomic E-state index is -4.21. The predicted molar refractivity (Wildman–Crippen MR) is 108 cm³/mol. The molecule has 7 heteroatoms. The van der Waals surface area contributed by atoms with Crippen molar-refractivity contribution < 1.29 is 26.3 Å². The first kappa shape index (κ1) is 23.7. The van der Waals surface area contributed by atoms with Crippen LogP contribution in [0.1, 0.15) is 38.5 Å². The number of hydrogen-bond acceptors (Lipinski definition) is 0. The molecule has 29 heavy (non-hydrogen) atoms. The molecule has 0 bridgehead atoms. The highest BCUT2D eigenvalue weighted by atomic mass is 31.1. The molecule has 0 aliphatic heterocycles. The largest absolute Gasteiger partial charge is 0.389 e. The summed E-state index contributed by atoms with van der Waals surface area (Å²) in [5, 5.41) is 0.437. The van der Waals surface area contributed by atoms with Gasteiger partial charge in [-0.1, -0.05) is 73.9 Å². The van der Waals surface area contributed by atoms with Gasteiger partial charge in [0.1, 0.15) is 0 Å². The van der Waals surface area contributed by atoms with Gasteiger partial charge in [-0.25, -0.2) is 4.39 Å². The summed E-state index contributed by atoms with van der Waals surface area (Å²) in [5.41, 5.74) is -2.04. The molecule has 0 heterocycles. The van der Waals surface area contributed by atoms with E-state index in [-0.39, 0.29) is 25.7 Å². The highest BCUT2D eigenvalue weighted by Gasteiger charge is 2.46. The molecule has 2 aromatic rings. The van der Waals surface area contributed by atoms with Crippen LogP contribution in [0.25, 0.3) is 11.1 Å². The van der Waals surface area contributed by atoms with E-state index in [4.69, 9.17) is 0 Å². The second-order valence-electron chi connectivity index (χ2n) is 7.07. The Balaban J connectivity index is 1.98. The van der Waals surface area contributed by atoms with E-state index >= 15 is 0 Å². The molecular weight excluding hydrogens is 409 g/mol. The van der Waals surface area contributed by atoms with Crippen molar-refractivity contribution in [3.63, 3.8) is 0 Å². The molecule has 0 aliphatic rings. The third-order valence-corrected chi connectivity index (χ3v) is 7.13. The predicted octanol–water partition coefficient (Wildman–Crippen LogP) is 7.92. The van der Waals surface area contributed by atoms with Gasteiger partial charge in [-0.3, -0.25) is 0 Å². The summed E-state index contributed by atoms with van der Waals surface area (Å²) in [6, 6.07) is 15.9.